The maximum atomic E-state index is 9.34. The molecule has 0 unspecified atom stereocenters. The normalized spacial score (nSPS) is 11.1. The number of rotatable bonds is 8. The summed E-state index contributed by atoms with van der Waals surface area (Å²) in [5, 5.41) is 79.3. The van der Waals surface area contributed by atoms with Crippen LogP contribution >= 0.6 is 0 Å². The monoisotopic (exact) mass is 1590 g/mol. The first-order valence-electron chi connectivity index (χ1n) is 38.6. The third-order valence-corrected chi connectivity index (χ3v) is 15.4. The molecule has 630 valence electrons. The van der Waals surface area contributed by atoms with Crippen molar-refractivity contribution in [3.05, 3.63) is 228 Å². The van der Waals surface area contributed by atoms with Crippen LogP contribution in [0.2, 0.25) is 0 Å². The van der Waals surface area contributed by atoms with Crippen molar-refractivity contribution in [3.8, 4) is 126 Å². The molecule has 0 bridgehead atoms. The van der Waals surface area contributed by atoms with Crippen molar-refractivity contribution in [1.29, 1.82) is 0 Å². The maximum Gasteiger partial charge on any atom is 0.231 e. The molecule has 10 aromatic carbocycles. The van der Waals surface area contributed by atoms with Gasteiger partial charge in [-0.3, -0.25) is 0 Å². The molecule has 0 fully saturated rings. The lowest BCUT2D eigenvalue weighted by Crippen LogP contribution is -1.93. The van der Waals surface area contributed by atoms with Gasteiger partial charge in [0.15, 0.2) is 97.7 Å². The summed E-state index contributed by atoms with van der Waals surface area (Å²) in [4.78, 5) is 0. The number of hydrogen-bond acceptors (Lipinski definition) is 22. The Bertz CT molecular complexity index is 3820. The minimum Gasteiger partial charge on any atom is -0.508 e. The standard InChI is InChI=1S/5C10H12O2.C8H10O3.C7H8O3.C6H6O3.C6H6O2.C6H6O.5C2H6/c5*1-7(2)8-3-4-9-10(5-8)12-6-11-9;1-10-6-4-3-5-7(11-2)8(6)9;1-10-6-4-2-3-5(8)7(6)9;7-4-1-5(8)3-6(9)2-4;7-5-3-1-2-4-6(5)8;7-6-4-2-1-3-5-6;5*1-2/h5*3-5,7H,6H2,1-2H3;3-5,9H,1-2H3;2-4,8-9H,1H3;1-3,7-9H;1-4,7-8H;1-5,7H;5*1-2H3. The van der Waals surface area contributed by atoms with Crippen LogP contribution in [-0.2, 0) is 0 Å². The molecule has 5 aliphatic rings. The molecule has 10 aromatic rings. The van der Waals surface area contributed by atoms with Crippen LogP contribution in [0.1, 0.15) is 196 Å². The van der Waals surface area contributed by atoms with E-state index in [2.05, 4.69) is 99.6 Å². The van der Waals surface area contributed by atoms with Crippen LogP contribution < -0.4 is 61.6 Å². The molecule has 22 nitrogen and oxygen atoms in total. The van der Waals surface area contributed by atoms with Crippen LogP contribution in [-0.4, -0.2) is 101 Å². The Kier molecular flexibility index (Phi) is 49.9. The quantitative estimate of drug-likeness (QED) is 0.0639. The van der Waals surface area contributed by atoms with Crippen molar-refractivity contribution in [2.24, 2.45) is 0 Å². The Labute approximate surface area is 682 Å². The Morgan fingerprint density at radius 1 is 0.217 bits per heavy atom. The molecule has 5 aliphatic heterocycles. The highest BCUT2D eigenvalue weighted by atomic mass is 16.7. The minimum absolute atomic E-state index is 0.0394. The average molecular weight is 1600 g/mol. The molecule has 9 N–H and O–H groups in total. The van der Waals surface area contributed by atoms with E-state index in [-0.39, 0.29) is 51.7 Å². The summed E-state index contributed by atoms with van der Waals surface area (Å²) >= 11 is 0. The van der Waals surface area contributed by atoms with Gasteiger partial charge in [-0.15, -0.1) is 0 Å². The van der Waals surface area contributed by atoms with Crippen LogP contribution in [0.3, 0.4) is 0 Å². The summed E-state index contributed by atoms with van der Waals surface area (Å²) in [7, 11) is 4.41. The molecule has 0 spiro atoms. The van der Waals surface area contributed by atoms with Crippen LogP contribution in [0, 0.1) is 0 Å². The van der Waals surface area contributed by atoms with E-state index in [0.29, 0.717) is 80.8 Å². The lowest BCUT2D eigenvalue weighted by molar-refractivity contribution is 0.173. The highest BCUT2D eigenvalue weighted by molar-refractivity contribution is 5.52. The van der Waals surface area contributed by atoms with Gasteiger partial charge in [-0.25, -0.2) is 0 Å². The predicted octanol–water partition coefficient (Wildman–Crippen LogP) is 23.6. The fourth-order valence-corrected chi connectivity index (χ4v) is 9.34. The van der Waals surface area contributed by atoms with Crippen LogP contribution in [0.4, 0.5) is 0 Å². The van der Waals surface area contributed by atoms with Gasteiger partial charge in [0.2, 0.25) is 39.7 Å². The number of para-hydroxylation sites is 5. The zero-order chi connectivity index (χ0) is 86.5. The van der Waals surface area contributed by atoms with Gasteiger partial charge in [-0.05, 0) is 167 Å². The number of phenolic OH excluding ortho intramolecular Hbond substituents is 9. The fourth-order valence-electron chi connectivity index (χ4n) is 9.34. The molecule has 0 atom stereocenters. The summed E-state index contributed by atoms with van der Waals surface area (Å²) in [6, 6.07) is 58.4. The smallest absolute Gasteiger partial charge is 0.231 e. The van der Waals surface area contributed by atoms with Crippen molar-refractivity contribution in [2.75, 3.05) is 55.3 Å². The Morgan fingerprint density at radius 2 is 0.426 bits per heavy atom. The van der Waals surface area contributed by atoms with Crippen LogP contribution in [0.5, 0.6) is 126 Å². The number of fused-ring (bicyclic) bond motifs is 5. The zero-order valence-electron chi connectivity index (χ0n) is 71.3. The molecule has 0 radical (unpaired) electrons. The topological polar surface area (TPSA) is 302 Å². The number of aromatic hydroxyl groups is 9. The van der Waals surface area contributed by atoms with Crippen molar-refractivity contribution in [3.63, 3.8) is 0 Å². The second-order valence-corrected chi connectivity index (χ2v) is 24.7. The molecule has 115 heavy (non-hydrogen) atoms. The first-order valence-corrected chi connectivity index (χ1v) is 38.6. The lowest BCUT2D eigenvalue weighted by Gasteiger charge is -2.06. The fraction of sp³-hybridized carbons (Fsp3) is 0.355. The van der Waals surface area contributed by atoms with Gasteiger partial charge in [-0.2, -0.15) is 0 Å². The first-order chi connectivity index (χ1) is 55.3. The van der Waals surface area contributed by atoms with Crippen molar-refractivity contribution < 1.29 is 108 Å². The van der Waals surface area contributed by atoms with Gasteiger partial charge in [0.05, 0.1) is 21.3 Å². The van der Waals surface area contributed by atoms with E-state index in [1.54, 1.807) is 66.7 Å². The predicted molar refractivity (Wildman–Crippen MR) is 457 cm³/mol. The van der Waals surface area contributed by atoms with Crippen molar-refractivity contribution in [2.45, 2.75) is 168 Å². The molecule has 0 amide bonds. The first kappa shape index (κ1) is 101. The molecule has 22 heteroatoms. The van der Waals surface area contributed by atoms with E-state index in [0.717, 1.165) is 75.7 Å². The molecule has 15 rings (SSSR count). The second kappa shape index (κ2) is 56.9. The third-order valence-electron chi connectivity index (χ3n) is 15.4. The summed E-state index contributed by atoms with van der Waals surface area (Å²) in [6.07, 6.45) is 0. The van der Waals surface area contributed by atoms with E-state index < -0.39 is 0 Å². The Morgan fingerprint density at radius 3 is 0.626 bits per heavy atom. The number of methoxy groups -OCH3 is 3. The molecule has 0 saturated carbocycles. The van der Waals surface area contributed by atoms with Gasteiger partial charge in [0.1, 0.15) is 23.0 Å². The largest absolute Gasteiger partial charge is 0.508 e. The average Bonchev–Trinajstić information content (AvgIpc) is 1.74. The number of hydrogen-bond donors (Lipinski definition) is 9. The summed E-state index contributed by atoms with van der Waals surface area (Å²) in [5.41, 5.74) is 6.45. The van der Waals surface area contributed by atoms with Crippen molar-refractivity contribution in [1.82, 2.24) is 0 Å². The van der Waals surface area contributed by atoms with Crippen LogP contribution in [0.15, 0.2) is 200 Å². The lowest BCUT2D eigenvalue weighted by atomic mass is 10.0. The SMILES string of the molecule is CC.CC.CC.CC.CC.CC(C)c1ccc2c(c1)OCO2.CC(C)c1ccc2c(c1)OCO2.CC(C)c1ccc2c(c1)OCO2.CC(C)c1ccc2c(c1)OCO2.CC(C)c1ccc2c(c1)OCO2.COc1cccc(O)c1O.COc1cccc(OC)c1O.Oc1cc(O)cc(O)c1.Oc1ccccc1.Oc1ccccc1O. The number of phenols is 9. The van der Waals surface area contributed by atoms with Gasteiger partial charge >= 0.3 is 0 Å². The maximum absolute atomic E-state index is 9.34. The van der Waals surface area contributed by atoms with Gasteiger partial charge in [0.25, 0.3) is 0 Å². The Balaban J connectivity index is 0.000000633. The molecule has 0 aromatic heterocycles. The van der Waals surface area contributed by atoms with E-state index >= 15 is 0 Å². The zero-order valence-corrected chi connectivity index (χ0v) is 71.3. The van der Waals surface area contributed by atoms with Crippen molar-refractivity contribution >= 4 is 0 Å². The van der Waals surface area contributed by atoms with Crippen LogP contribution in [0.25, 0.3) is 0 Å². The molecular formula is C93H126O22. The minimum atomic E-state index is -0.218. The number of ether oxygens (including phenoxy) is 13. The highest BCUT2D eigenvalue weighted by Crippen LogP contribution is 2.40. The van der Waals surface area contributed by atoms with E-state index in [1.165, 1.54) is 67.3 Å². The Hall–Kier alpha value is -12.2. The molecule has 0 aliphatic carbocycles. The van der Waals surface area contributed by atoms with Gasteiger partial charge in [-0.1, -0.05) is 211 Å². The summed E-state index contributed by atoms with van der Waals surface area (Å²) in [6.45, 7) is 43.4. The summed E-state index contributed by atoms with van der Waals surface area (Å²) in [5.74, 6) is 11.9. The molecule has 5 heterocycles. The highest BCUT2D eigenvalue weighted by Gasteiger charge is 2.19. The van der Waals surface area contributed by atoms with Gasteiger partial charge in [0, 0.05) is 18.2 Å². The van der Waals surface area contributed by atoms with E-state index in [4.69, 9.17) is 102 Å². The van der Waals surface area contributed by atoms with E-state index in [1.807, 2.05) is 136 Å². The number of benzene rings is 10. The van der Waals surface area contributed by atoms with E-state index in [9.17, 15) is 5.11 Å². The molecule has 0 saturated heterocycles. The second-order valence-electron chi connectivity index (χ2n) is 24.7. The van der Waals surface area contributed by atoms with Gasteiger partial charge < -0.3 is 108 Å². The summed E-state index contributed by atoms with van der Waals surface area (Å²) < 4.78 is 66.8. The molecular weight excluding hydrogens is 1470 g/mol. The third kappa shape index (κ3) is 36.0.